The predicted octanol–water partition coefficient (Wildman–Crippen LogP) is 4.17. The van der Waals surface area contributed by atoms with Gasteiger partial charge in [0.15, 0.2) is 0 Å². The third kappa shape index (κ3) is 8.09. The van der Waals surface area contributed by atoms with Crippen LogP contribution in [0.2, 0.25) is 0 Å². The minimum Gasteiger partial charge on any atom is -0.497 e. The number of nitro groups is 1. The molecule has 0 fully saturated rings. The van der Waals surface area contributed by atoms with Crippen LogP contribution in [-0.2, 0) is 21.9 Å². The van der Waals surface area contributed by atoms with E-state index in [1.54, 1.807) is 24.1 Å². The molecule has 1 atom stereocenters. The van der Waals surface area contributed by atoms with Crippen LogP contribution in [-0.4, -0.2) is 47.1 Å². The first kappa shape index (κ1) is 26.2. The van der Waals surface area contributed by atoms with E-state index in [-0.39, 0.29) is 23.3 Å². The number of hydrogen-bond donors (Lipinski definition) is 1. The summed E-state index contributed by atoms with van der Waals surface area (Å²) in [4.78, 5) is 38.0. The van der Waals surface area contributed by atoms with Gasteiger partial charge in [0.05, 0.1) is 17.8 Å². The zero-order valence-electron chi connectivity index (χ0n) is 19.3. The van der Waals surface area contributed by atoms with Crippen molar-refractivity contribution in [3.05, 3.63) is 69.8 Å². The molecule has 0 saturated carbocycles. The Hall–Kier alpha value is -3.07. The number of methoxy groups -OCH3 is 1. The first-order chi connectivity index (χ1) is 15.9. The van der Waals surface area contributed by atoms with Gasteiger partial charge in [-0.2, -0.15) is 0 Å². The van der Waals surface area contributed by atoms with Crippen LogP contribution in [0.1, 0.15) is 37.8 Å². The first-order valence-electron chi connectivity index (χ1n) is 10.9. The van der Waals surface area contributed by atoms with Crippen molar-refractivity contribution >= 4 is 29.3 Å². The average molecular weight is 474 g/mol. The Labute approximate surface area is 198 Å². The molecule has 1 unspecified atom stereocenters. The smallest absolute Gasteiger partial charge is 0.269 e. The van der Waals surface area contributed by atoms with E-state index in [0.29, 0.717) is 25.3 Å². The molecule has 0 aromatic heterocycles. The number of non-ortho nitro benzene ring substituents is 1. The summed E-state index contributed by atoms with van der Waals surface area (Å²) in [6.45, 7) is 4.76. The maximum atomic E-state index is 13.2. The largest absolute Gasteiger partial charge is 0.497 e. The van der Waals surface area contributed by atoms with Crippen molar-refractivity contribution in [2.24, 2.45) is 0 Å². The number of carbonyl (C=O) groups is 2. The lowest BCUT2D eigenvalue weighted by Gasteiger charge is -2.30. The van der Waals surface area contributed by atoms with Crippen LogP contribution >= 0.6 is 11.8 Å². The molecule has 0 heterocycles. The molecule has 178 valence electrons. The number of hydrogen-bond acceptors (Lipinski definition) is 6. The highest BCUT2D eigenvalue weighted by Crippen LogP contribution is 2.20. The highest BCUT2D eigenvalue weighted by Gasteiger charge is 2.28. The van der Waals surface area contributed by atoms with Crippen molar-refractivity contribution in [3.8, 4) is 5.75 Å². The summed E-state index contributed by atoms with van der Waals surface area (Å²) in [5.41, 5.74) is 1.84. The number of nitrogens with zero attached hydrogens (tertiary/aromatic N) is 2. The van der Waals surface area contributed by atoms with Crippen LogP contribution in [0, 0.1) is 10.1 Å². The Balaban J connectivity index is 2.09. The highest BCUT2D eigenvalue weighted by molar-refractivity contribution is 7.99. The zero-order valence-corrected chi connectivity index (χ0v) is 20.1. The summed E-state index contributed by atoms with van der Waals surface area (Å²) >= 11 is 1.42. The molecule has 2 rings (SSSR count). The Morgan fingerprint density at radius 3 is 2.27 bits per heavy atom. The molecule has 0 aliphatic carbocycles. The van der Waals surface area contributed by atoms with E-state index in [1.807, 2.05) is 38.1 Å². The lowest BCUT2D eigenvalue weighted by molar-refractivity contribution is -0.384. The van der Waals surface area contributed by atoms with Gasteiger partial charge < -0.3 is 15.0 Å². The maximum absolute atomic E-state index is 13.2. The second-order valence-electron chi connectivity index (χ2n) is 7.50. The molecular weight excluding hydrogens is 442 g/mol. The minimum absolute atomic E-state index is 0.0365. The van der Waals surface area contributed by atoms with Gasteiger partial charge in [0.25, 0.3) is 5.69 Å². The lowest BCUT2D eigenvalue weighted by Crippen LogP contribution is -2.49. The summed E-state index contributed by atoms with van der Waals surface area (Å²) in [6, 6.07) is 13.2. The van der Waals surface area contributed by atoms with E-state index in [2.05, 4.69) is 5.32 Å². The van der Waals surface area contributed by atoms with E-state index in [4.69, 9.17) is 4.74 Å². The van der Waals surface area contributed by atoms with Gasteiger partial charge in [-0.15, -0.1) is 11.8 Å². The number of benzene rings is 2. The number of nitro benzene ring substituents is 1. The summed E-state index contributed by atoms with van der Waals surface area (Å²) in [7, 11) is 1.60. The van der Waals surface area contributed by atoms with Crippen molar-refractivity contribution < 1.29 is 19.2 Å². The maximum Gasteiger partial charge on any atom is 0.269 e. The number of thioether (sulfide) groups is 1. The fraction of sp³-hybridized carbons (Fsp3) is 0.417. The summed E-state index contributed by atoms with van der Waals surface area (Å²) in [5.74, 6) is 1.18. The number of amides is 2. The highest BCUT2D eigenvalue weighted by atomic mass is 32.2. The van der Waals surface area contributed by atoms with Gasteiger partial charge in [0, 0.05) is 31.0 Å². The molecule has 2 aromatic rings. The first-order valence-corrected chi connectivity index (χ1v) is 12.1. The molecule has 9 heteroatoms. The van der Waals surface area contributed by atoms with Gasteiger partial charge in [-0.25, -0.2) is 0 Å². The van der Waals surface area contributed by atoms with Gasteiger partial charge >= 0.3 is 0 Å². The van der Waals surface area contributed by atoms with Crippen molar-refractivity contribution in [1.29, 1.82) is 0 Å². The summed E-state index contributed by atoms with van der Waals surface area (Å²) in [5, 5.41) is 13.7. The van der Waals surface area contributed by atoms with E-state index in [9.17, 15) is 19.7 Å². The van der Waals surface area contributed by atoms with Crippen molar-refractivity contribution in [2.75, 3.05) is 19.4 Å². The average Bonchev–Trinajstić information content (AvgIpc) is 2.83. The molecule has 2 aromatic carbocycles. The van der Waals surface area contributed by atoms with Crippen LogP contribution in [0.3, 0.4) is 0 Å². The minimum atomic E-state index is -0.564. The molecule has 0 radical (unpaired) electrons. The fourth-order valence-corrected chi connectivity index (χ4v) is 4.14. The molecule has 1 N–H and O–H groups in total. The lowest BCUT2D eigenvalue weighted by atomic mass is 10.1. The summed E-state index contributed by atoms with van der Waals surface area (Å²) < 4.78 is 5.20. The van der Waals surface area contributed by atoms with Gasteiger partial charge in [-0.1, -0.05) is 38.1 Å². The van der Waals surface area contributed by atoms with Crippen molar-refractivity contribution in [2.45, 2.75) is 45.0 Å². The number of ether oxygens (including phenoxy) is 1. The summed E-state index contributed by atoms with van der Waals surface area (Å²) in [6.07, 6.45) is 1.32. The normalized spacial score (nSPS) is 11.5. The topological polar surface area (TPSA) is 102 Å². The molecule has 0 spiro atoms. The molecule has 0 saturated heterocycles. The molecule has 33 heavy (non-hydrogen) atoms. The predicted molar refractivity (Wildman–Crippen MR) is 130 cm³/mol. The van der Waals surface area contributed by atoms with Crippen LogP contribution in [0.4, 0.5) is 5.69 Å². The Bertz CT molecular complexity index is 919. The van der Waals surface area contributed by atoms with Crippen LogP contribution in [0.25, 0.3) is 0 Å². The second kappa shape index (κ2) is 13.5. The quantitative estimate of drug-likeness (QED) is 0.346. The SMILES string of the molecule is CCCNC(=O)C(CC)N(Cc1ccc(OC)cc1)C(=O)CSCc1ccc([N+](=O)[O-])cc1. The Morgan fingerprint density at radius 2 is 1.73 bits per heavy atom. The standard InChI is InChI=1S/C24H31N3O5S/c1-4-14-25-24(29)22(5-2)26(15-18-8-12-21(32-3)13-9-18)23(28)17-33-16-19-6-10-20(11-7-19)27(30)31/h6-13,22H,4-5,14-17H2,1-3H3,(H,25,29). The molecule has 0 aliphatic heterocycles. The Kier molecular flexibility index (Phi) is 10.7. The number of nitrogens with one attached hydrogen (secondary N) is 1. The molecule has 0 aliphatic rings. The van der Waals surface area contributed by atoms with Gasteiger partial charge in [-0.05, 0) is 36.1 Å². The molecule has 2 amide bonds. The van der Waals surface area contributed by atoms with Crippen LogP contribution in [0.15, 0.2) is 48.5 Å². The van der Waals surface area contributed by atoms with Gasteiger partial charge in [0.1, 0.15) is 11.8 Å². The van der Waals surface area contributed by atoms with E-state index in [0.717, 1.165) is 23.3 Å². The van der Waals surface area contributed by atoms with E-state index < -0.39 is 11.0 Å². The molecule has 0 bridgehead atoms. The third-order valence-corrected chi connectivity index (χ3v) is 6.08. The third-order valence-electron chi connectivity index (χ3n) is 5.09. The Morgan fingerprint density at radius 1 is 1.09 bits per heavy atom. The van der Waals surface area contributed by atoms with Crippen molar-refractivity contribution in [1.82, 2.24) is 10.2 Å². The number of carbonyl (C=O) groups excluding carboxylic acids is 2. The van der Waals surface area contributed by atoms with Crippen molar-refractivity contribution in [3.63, 3.8) is 0 Å². The molecule has 8 nitrogen and oxygen atoms in total. The van der Waals surface area contributed by atoms with Gasteiger partial charge in [0.2, 0.25) is 11.8 Å². The zero-order chi connectivity index (χ0) is 24.2. The monoisotopic (exact) mass is 473 g/mol. The van der Waals surface area contributed by atoms with E-state index >= 15 is 0 Å². The van der Waals surface area contributed by atoms with Crippen LogP contribution < -0.4 is 10.1 Å². The second-order valence-corrected chi connectivity index (χ2v) is 8.49. The molecular formula is C24H31N3O5S. The fourth-order valence-electron chi connectivity index (χ4n) is 3.27. The number of rotatable bonds is 13. The van der Waals surface area contributed by atoms with Gasteiger partial charge in [-0.3, -0.25) is 19.7 Å². The van der Waals surface area contributed by atoms with E-state index in [1.165, 1.54) is 23.9 Å². The van der Waals surface area contributed by atoms with Crippen LogP contribution in [0.5, 0.6) is 5.75 Å².